The number of amides is 1. The van der Waals surface area contributed by atoms with E-state index in [1.54, 1.807) is 0 Å². The lowest BCUT2D eigenvalue weighted by Gasteiger charge is -2.18. The Balaban J connectivity index is 1.28. The smallest absolute Gasteiger partial charge is 0.261 e. The Morgan fingerprint density at radius 1 is 1.15 bits per heavy atom. The molecule has 0 radical (unpaired) electrons. The number of carbonyl (C=O) groups is 1. The number of carbonyl (C=O) groups excluding carboxylic acids is 1. The molecular weight excluding hydrogens is 350 g/mol. The van der Waals surface area contributed by atoms with Gasteiger partial charge in [0.2, 0.25) is 0 Å². The van der Waals surface area contributed by atoms with E-state index in [-0.39, 0.29) is 5.91 Å². The highest BCUT2D eigenvalue weighted by Crippen LogP contribution is 2.36. The standard InChI is InChI=1S/C20H23NO4S/c22-20(21-8-1-9-23-13-14-2-3-14)19-7-6-18(26-19)15-4-5-16-17(12-15)25-11-10-24-16/h4-7,12,14H,1-3,8-11,13H2,(H,21,22). The maximum atomic E-state index is 12.3. The molecule has 1 saturated carbocycles. The van der Waals surface area contributed by atoms with E-state index in [1.807, 2.05) is 30.3 Å². The average molecular weight is 373 g/mol. The van der Waals surface area contributed by atoms with Crippen molar-refractivity contribution in [2.75, 3.05) is 33.0 Å². The van der Waals surface area contributed by atoms with Gasteiger partial charge in [-0.05, 0) is 61.1 Å². The second-order valence-electron chi connectivity index (χ2n) is 6.65. The van der Waals surface area contributed by atoms with Gasteiger partial charge >= 0.3 is 0 Å². The molecule has 2 aromatic rings. The molecule has 1 fully saturated rings. The fourth-order valence-electron chi connectivity index (χ4n) is 2.81. The molecule has 138 valence electrons. The zero-order valence-corrected chi connectivity index (χ0v) is 15.5. The van der Waals surface area contributed by atoms with Gasteiger partial charge in [-0.3, -0.25) is 4.79 Å². The molecule has 2 aliphatic rings. The van der Waals surface area contributed by atoms with Crippen molar-refractivity contribution in [3.63, 3.8) is 0 Å². The van der Waals surface area contributed by atoms with Crippen LogP contribution in [0.25, 0.3) is 10.4 Å². The van der Waals surface area contributed by atoms with Gasteiger partial charge in [-0.25, -0.2) is 0 Å². The Kier molecular flexibility index (Phi) is 5.41. The van der Waals surface area contributed by atoms with Gasteiger partial charge in [-0.15, -0.1) is 11.3 Å². The summed E-state index contributed by atoms with van der Waals surface area (Å²) in [5, 5.41) is 2.96. The molecule has 1 aliphatic heterocycles. The topological polar surface area (TPSA) is 56.8 Å². The van der Waals surface area contributed by atoms with E-state index in [2.05, 4.69) is 5.32 Å². The second kappa shape index (κ2) is 8.10. The molecule has 0 spiro atoms. The Morgan fingerprint density at radius 3 is 2.85 bits per heavy atom. The quantitative estimate of drug-likeness (QED) is 0.717. The molecule has 26 heavy (non-hydrogen) atoms. The minimum Gasteiger partial charge on any atom is -0.486 e. The molecule has 1 aromatic heterocycles. The fraction of sp³-hybridized carbons (Fsp3) is 0.450. The Labute approximate surface area is 157 Å². The predicted octanol–water partition coefficient (Wildman–Crippen LogP) is 3.73. The number of benzene rings is 1. The first-order valence-corrected chi connectivity index (χ1v) is 9.97. The van der Waals surface area contributed by atoms with Crippen molar-refractivity contribution >= 4 is 17.2 Å². The summed E-state index contributed by atoms with van der Waals surface area (Å²) in [6.45, 7) is 3.38. The van der Waals surface area contributed by atoms with Crippen LogP contribution in [0.3, 0.4) is 0 Å². The third kappa shape index (κ3) is 4.37. The lowest BCUT2D eigenvalue weighted by Crippen LogP contribution is -2.24. The summed E-state index contributed by atoms with van der Waals surface area (Å²) < 4.78 is 16.8. The summed E-state index contributed by atoms with van der Waals surface area (Å²) in [7, 11) is 0. The first kappa shape index (κ1) is 17.4. The van der Waals surface area contributed by atoms with Gasteiger partial charge in [0, 0.05) is 24.6 Å². The van der Waals surface area contributed by atoms with Gasteiger partial charge in [0.25, 0.3) is 5.91 Å². The Bertz CT molecular complexity index is 769. The second-order valence-corrected chi connectivity index (χ2v) is 7.73. The summed E-state index contributed by atoms with van der Waals surface area (Å²) in [6.07, 6.45) is 3.46. The van der Waals surface area contributed by atoms with E-state index in [0.29, 0.717) is 31.2 Å². The van der Waals surface area contributed by atoms with Crippen molar-refractivity contribution in [2.24, 2.45) is 5.92 Å². The van der Waals surface area contributed by atoms with Crippen LogP contribution in [0, 0.1) is 5.92 Å². The molecule has 4 rings (SSSR count). The van der Waals surface area contributed by atoms with Gasteiger partial charge in [0.05, 0.1) is 4.88 Å². The van der Waals surface area contributed by atoms with Crippen LogP contribution in [0.5, 0.6) is 11.5 Å². The van der Waals surface area contributed by atoms with Gasteiger partial charge < -0.3 is 19.5 Å². The first-order valence-electron chi connectivity index (χ1n) is 9.15. The van der Waals surface area contributed by atoms with Crippen LogP contribution in [0.4, 0.5) is 0 Å². The molecule has 6 heteroatoms. The fourth-order valence-corrected chi connectivity index (χ4v) is 3.73. The van der Waals surface area contributed by atoms with Crippen molar-refractivity contribution in [1.82, 2.24) is 5.32 Å². The van der Waals surface area contributed by atoms with Crippen LogP contribution >= 0.6 is 11.3 Å². The SMILES string of the molecule is O=C(NCCCOCC1CC1)c1ccc(-c2ccc3c(c2)OCCO3)s1. The Hall–Kier alpha value is -2.05. The van der Waals surface area contributed by atoms with Crippen molar-refractivity contribution in [3.8, 4) is 21.9 Å². The van der Waals surface area contributed by atoms with Crippen molar-refractivity contribution in [2.45, 2.75) is 19.3 Å². The van der Waals surface area contributed by atoms with Gasteiger partial charge in [0.15, 0.2) is 11.5 Å². The molecule has 0 saturated heterocycles. The van der Waals surface area contributed by atoms with Crippen LogP contribution in [0.2, 0.25) is 0 Å². The molecule has 0 unspecified atom stereocenters. The minimum atomic E-state index is -0.0269. The molecule has 2 heterocycles. The van der Waals surface area contributed by atoms with Crippen LogP contribution in [0.15, 0.2) is 30.3 Å². The monoisotopic (exact) mass is 373 g/mol. The van der Waals surface area contributed by atoms with Crippen molar-refractivity contribution in [3.05, 3.63) is 35.2 Å². The van der Waals surface area contributed by atoms with Gasteiger partial charge in [0.1, 0.15) is 13.2 Å². The largest absolute Gasteiger partial charge is 0.486 e. The van der Waals surface area contributed by atoms with Crippen molar-refractivity contribution < 1.29 is 19.0 Å². The van der Waals surface area contributed by atoms with Crippen LogP contribution in [0.1, 0.15) is 28.9 Å². The molecule has 1 aliphatic carbocycles. The molecule has 5 nitrogen and oxygen atoms in total. The summed E-state index contributed by atoms with van der Waals surface area (Å²) in [4.78, 5) is 14.0. The van der Waals surface area contributed by atoms with Gasteiger partial charge in [-0.1, -0.05) is 0 Å². The lowest BCUT2D eigenvalue weighted by molar-refractivity contribution is 0.0941. The van der Waals surface area contributed by atoms with E-state index >= 15 is 0 Å². The van der Waals surface area contributed by atoms with Crippen LogP contribution < -0.4 is 14.8 Å². The van der Waals surface area contributed by atoms with Crippen LogP contribution in [-0.4, -0.2) is 38.9 Å². The maximum Gasteiger partial charge on any atom is 0.261 e. The summed E-state index contributed by atoms with van der Waals surface area (Å²) in [5.41, 5.74) is 1.03. The number of hydrogen-bond acceptors (Lipinski definition) is 5. The molecule has 1 aromatic carbocycles. The molecule has 0 bridgehead atoms. The van der Waals surface area contributed by atoms with Crippen LogP contribution in [-0.2, 0) is 4.74 Å². The highest BCUT2D eigenvalue weighted by Gasteiger charge is 2.20. The van der Waals surface area contributed by atoms with E-state index in [1.165, 1.54) is 24.2 Å². The molecule has 1 N–H and O–H groups in total. The van der Waals surface area contributed by atoms with Crippen molar-refractivity contribution in [1.29, 1.82) is 0 Å². The lowest BCUT2D eigenvalue weighted by atomic mass is 10.1. The number of ether oxygens (including phenoxy) is 3. The third-order valence-electron chi connectivity index (χ3n) is 4.46. The molecular formula is C20H23NO4S. The van der Waals surface area contributed by atoms with E-state index in [0.717, 1.165) is 40.9 Å². The van der Waals surface area contributed by atoms with E-state index in [9.17, 15) is 4.79 Å². The Morgan fingerprint density at radius 2 is 2.00 bits per heavy atom. The minimum absolute atomic E-state index is 0.0269. The summed E-state index contributed by atoms with van der Waals surface area (Å²) in [5.74, 6) is 2.30. The summed E-state index contributed by atoms with van der Waals surface area (Å²) in [6, 6.07) is 9.74. The number of thiophene rings is 1. The predicted molar refractivity (Wildman–Crippen MR) is 101 cm³/mol. The normalized spacial score (nSPS) is 15.7. The molecule has 0 atom stereocenters. The maximum absolute atomic E-state index is 12.3. The zero-order chi connectivity index (χ0) is 17.8. The zero-order valence-electron chi connectivity index (χ0n) is 14.7. The number of rotatable bonds is 8. The van der Waals surface area contributed by atoms with Gasteiger partial charge in [-0.2, -0.15) is 0 Å². The van der Waals surface area contributed by atoms with E-state index < -0.39 is 0 Å². The number of nitrogens with one attached hydrogen (secondary N) is 1. The summed E-state index contributed by atoms with van der Waals surface area (Å²) >= 11 is 1.49. The highest BCUT2D eigenvalue weighted by atomic mass is 32.1. The first-order chi connectivity index (χ1) is 12.8. The number of hydrogen-bond donors (Lipinski definition) is 1. The average Bonchev–Trinajstić information content (AvgIpc) is 3.37. The number of fused-ring (bicyclic) bond motifs is 1. The molecule has 1 amide bonds. The van der Waals surface area contributed by atoms with E-state index in [4.69, 9.17) is 14.2 Å². The third-order valence-corrected chi connectivity index (χ3v) is 5.59. The highest BCUT2D eigenvalue weighted by molar-refractivity contribution is 7.17.